The molecule has 0 spiro atoms. The fourth-order valence-electron chi connectivity index (χ4n) is 3.88. The van der Waals surface area contributed by atoms with Gasteiger partial charge in [0.1, 0.15) is 0 Å². The normalized spacial score (nSPS) is 21.9. The van der Waals surface area contributed by atoms with Gasteiger partial charge in [-0.2, -0.15) is 0 Å². The number of likely N-dealkylation sites (tertiary alicyclic amines) is 2. The Balaban J connectivity index is 0.00000225. The molecular formula is C19H32IN5. The van der Waals surface area contributed by atoms with Crippen LogP contribution in [-0.4, -0.2) is 60.5 Å². The van der Waals surface area contributed by atoms with Gasteiger partial charge in [-0.15, -0.1) is 24.0 Å². The predicted octanol–water partition coefficient (Wildman–Crippen LogP) is 2.89. The van der Waals surface area contributed by atoms with E-state index in [4.69, 9.17) is 0 Å². The van der Waals surface area contributed by atoms with Crippen LogP contribution in [0.5, 0.6) is 0 Å². The SMILES string of the molecule is CN=C(NCc1ncccc1C)N1CCC(CN2CCCCC2)C1.I. The quantitative estimate of drug-likeness (QED) is 0.429. The number of rotatable bonds is 4. The molecule has 2 fully saturated rings. The Kier molecular flexibility index (Phi) is 8.42. The lowest BCUT2D eigenvalue weighted by molar-refractivity contribution is 0.198. The van der Waals surface area contributed by atoms with Crippen molar-refractivity contribution in [2.45, 2.75) is 39.2 Å². The smallest absolute Gasteiger partial charge is 0.193 e. The zero-order valence-electron chi connectivity index (χ0n) is 15.6. The van der Waals surface area contributed by atoms with E-state index in [2.05, 4.69) is 38.1 Å². The van der Waals surface area contributed by atoms with Crippen molar-refractivity contribution in [1.82, 2.24) is 20.1 Å². The molecule has 0 amide bonds. The van der Waals surface area contributed by atoms with Crippen molar-refractivity contribution >= 4 is 29.9 Å². The van der Waals surface area contributed by atoms with Gasteiger partial charge in [0.2, 0.25) is 0 Å². The summed E-state index contributed by atoms with van der Waals surface area (Å²) in [5, 5.41) is 3.49. The average Bonchev–Trinajstić information content (AvgIpc) is 3.06. The lowest BCUT2D eigenvalue weighted by atomic mass is 10.1. The molecule has 1 unspecified atom stereocenters. The minimum absolute atomic E-state index is 0. The molecule has 1 N–H and O–H groups in total. The third kappa shape index (κ3) is 5.81. The van der Waals surface area contributed by atoms with Crippen LogP contribution in [0.15, 0.2) is 23.3 Å². The fourth-order valence-corrected chi connectivity index (χ4v) is 3.88. The third-order valence-electron chi connectivity index (χ3n) is 5.29. The maximum Gasteiger partial charge on any atom is 0.193 e. The van der Waals surface area contributed by atoms with Crippen molar-refractivity contribution in [3.63, 3.8) is 0 Å². The molecule has 0 radical (unpaired) electrons. The van der Waals surface area contributed by atoms with Gasteiger partial charge in [0.15, 0.2) is 5.96 Å². The minimum atomic E-state index is 0. The molecule has 140 valence electrons. The summed E-state index contributed by atoms with van der Waals surface area (Å²) in [6.45, 7) is 8.93. The first kappa shape index (κ1) is 20.4. The van der Waals surface area contributed by atoms with E-state index >= 15 is 0 Å². The summed E-state index contributed by atoms with van der Waals surface area (Å²) in [7, 11) is 1.88. The number of nitrogens with zero attached hydrogens (tertiary/aromatic N) is 4. The molecule has 1 aromatic rings. The van der Waals surface area contributed by atoms with Crippen LogP contribution in [0.25, 0.3) is 0 Å². The average molecular weight is 457 g/mol. The molecule has 5 nitrogen and oxygen atoms in total. The molecule has 3 heterocycles. The lowest BCUT2D eigenvalue weighted by Gasteiger charge is -2.29. The first-order chi connectivity index (χ1) is 11.8. The molecule has 0 aromatic carbocycles. The highest BCUT2D eigenvalue weighted by Gasteiger charge is 2.26. The standard InChI is InChI=1S/C19H31N5.HI/c1-16-7-6-9-21-18(16)13-22-19(20-2)24-12-8-17(15-24)14-23-10-4-3-5-11-23;/h6-7,9,17H,3-5,8,10-15H2,1-2H3,(H,20,22);1H. The maximum absolute atomic E-state index is 4.49. The number of aliphatic imine (C=N–C) groups is 1. The van der Waals surface area contributed by atoms with Crippen LogP contribution in [0.3, 0.4) is 0 Å². The number of guanidine groups is 1. The summed E-state index contributed by atoms with van der Waals surface area (Å²) < 4.78 is 0. The van der Waals surface area contributed by atoms with Crippen molar-refractivity contribution in [3.8, 4) is 0 Å². The molecule has 0 bridgehead atoms. The number of nitrogens with one attached hydrogen (secondary N) is 1. The van der Waals surface area contributed by atoms with Gasteiger partial charge in [-0.05, 0) is 56.8 Å². The van der Waals surface area contributed by atoms with Crippen molar-refractivity contribution in [1.29, 1.82) is 0 Å². The highest BCUT2D eigenvalue weighted by Crippen LogP contribution is 2.20. The van der Waals surface area contributed by atoms with Gasteiger partial charge < -0.3 is 15.1 Å². The monoisotopic (exact) mass is 457 g/mol. The minimum Gasteiger partial charge on any atom is -0.351 e. The second kappa shape index (κ2) is 10.3. The summed E-state index contributed by atoms with van der Waals surface area (Å²) >= 11 is 0. The summed E-state index contributed by atoms with van der Waals surface area (Å²) in [5.74, 6) is 1.79. The number of aryl methyl sites for hydroxylation is 1. The molecule has 6 heteroatoms. The van der Waals surface area contributed by atoms with E-state index in [0.717, 1.165) is 37.2 Å². The van der Waals surface area contributed by atoms with Crippen molar-refractivity contribution in [3.05, 3.63) is 29.6 Å². The molecule has 1 atom stereocenters. The second-order valence-corrected chi connectivity index (χ2v) is 7.13. The molecule has 25 heavy (non-hydrogen) atoms. The van der Waals surface area contributed by atoms with E-state index < -0.39 is 0 Å². The number of piperidine rings is 1. The molecule has 2 aliphatic rings. The summed E-state index contributed by atoms with van der Waals surface area (Å²) in [6.07, 6.45) is 7.31. The summed E-state index contributed by atoms with van der Waals surface area (Å²) in [5.41, 5.74) is 2.33. The van der Waals surface area contributed by atoms with E-state index in [0.29, 0.717) is 0 Å². The third-order valence-corrected chi connectivity index (χ3v) is 5.29. The van der Waals surface area contributed by atoms with Gasteiger partial charge in [0.05, 0.1) is 12.2 Å². The van der Waals surface area contributed by atoms with Crippen molar-refractivity contribution in [2.75, 3.05) is 39.8 Å². The van der Waals surface area contributed by atoms with Gasteiger partial charge in [0.25, 0.3) is 0 Å². The fraction of sp³-hybridized carbons (Fsp3) is 0.684. The number of aromatic nitrogens is 1. The van der Waals surface area contributed by atoms with Gasteiger partial charge in [-0.1, -0.05) is 12.5 Å². The Morgan fingerprint density at radius 2 is 2.08 bits per heavy atom. The van der Waals surface area contributed by atoms with Crippen LogP contribution in [0.4, 0.5) is 0 Å². The van der Waals surface area contributed by atoms with E-state index in [1.165, 1.54) is 50.9 Å². The van der Waals surface area contributed by atoms with E-state index in [-0.39, 0.29) is 24.0 Å². The number of hydrogen-bond acceptors (Lipinski definition) is 3. The van der Waals surface area contributed by atoms with Crippen LogP contribution in [0.2, 0.25) is 0 Å². The first-order valence-electron chi connectivity index (χ1n) is 9.34. The molecule has 2 saturated heterocycles. The number of halogens is 1. The molecule has 0 saturated carbocycles. The van der Waals surface area contributed by atoms with Crippen molar-refractivity contribution < 1.29 is 0 Å². The molecule has 2 aliphatic heterocycles. The molecule has 0 aliphatic carbocycles. The number of hydrogen-bond donors (Lipinski definition) is 1. The van der Waals surface area contributed by atoms with E-state index in [1.807, 2.05) is 19.3 Å². The summed E-state index contributed by atoms with van der Waals surface area (Å²) in [4.78, 5) is 14.0. The maximum atomic E-state index is 4.49. The zero-order chi connectivity index (χ0) is 16.8. The summed E-state index contributed by atoms with van der Waals surface area (Å²) in [6, 6.07) is 4.09. The van der Waals surface area contributed by atoms with Crippen LogP contribution in [-0.2, 0) is 6.54 Å². The molecular weight excluding hydrogens is 425 g/mol. The van der Waals surface area contributed by atoms with E-state index in [1.54, 1.807) is 0 Å². The first-order valence-corrected chi connectivity index (χ1v) is 9.34. The largest absolute Gasteiger partial charge is 0.351 e. The van der Waals surface area contributed by atoms with Gasteiger partial charge in [-0.3, -0.25) is 9.98 Å². The topological polar surface area (TPSA) is 43.8 Å². The van der Waals surface area contributed by atoms with E-state index in [9.17, 15) is 0 Å². The highest BCUT2D eigenvalue weighted by atomic mass is 127. The zero-order valence-corrected chi connectivity index (χ0v) is 17.9. The van der Waals surface area contributed by atoms with Crippen LogP contribution < -0.4 is 5.32 Å². The Hall–Kier alpha value is -0.890. The highest BCUT2D eigenvalue weighted by molar-refractivity contribution is 14.0. The van der Waals surface area contributed by atoms with Crippen LogP contribution in [0, 0.1) is 12.8 Å². The predicted molar refractivity (Wildman–Crippen MR) is 115 cm³/mol. The van der Waals surface area contributed by atoms with Gasteiger partial charge >= 0.3 is 0 Å². The van der Waals surface area contributed by atoms with Gasteiger partial charge in [-0.25, -0.2) is 0 Å². The van der Waals surface area contributed by atoms with Gasteiger partial charge in [0, 0.05) is 32.9 Å². The molecule has 3 rings (SSSR count). The molecule has 1 aromatic heterocycles. The Morgan fingerprint density at radius 1 is 1.28 bits per heavy atom. The van der Waals surface area contributed by atoms with Crippen molar-refractivity contribution in [2.24, 2.45) is 10.9 Å². The number of pyridine rings is 1. The Bertz CT molecular complexity index is 557. The Morgan fingerprint density at radius 3 is 2.80 bits per heavy atom. The Labute approximate surface area is 169 Å². The van der Waals surface area contributed by atoms with Crippen LogP contribution >= 0.6 is 24.0 Å². The second-order valence-electron chi connectivity index (χ2n) is 7.13. The van der Waals surface area contributed by atoms with Crippen LogP contribution in [0.1, 0.15) is 36.9 Å². The lowest BCUT2D eigenvalue weighted by Crippen LogP contribution is -2.41.